The van der Waals surface area contributed by atoms with Crippen LogP contribution in [-0.4, -0.2) is 9.55 Å². The fourth-order valence-electron chi connectivity index (χ4n) is 1.84. The summed E-state index contributed by atoms with van der Waals surface area (Å²) < 4.78 is 1.67. The third-order valence-electron chi connectivity index (χ3n) is 2.84. The summed E-state index contributed by atoms with van der Waals surface area (Å²) in [4.78, 5) is 16.2. The molecule has 0 atom stereocenters. The van der Waals surface area contributed by atoms with Crippen molar-refractivity contribution in [3.05, 3.63) is 40.4 Å². The molecule has 0 fully saturated rings. The number of hydrogen-bond acceptors (Lipinski definition) is 2. The number of nitrogens with zero attached hydrogens (tertiary/aromatic N) is 2. The van der Waals surface area contributed by atoms with Gasteiger partial charge in [-0.3, -0.25) is 9.78 Å². The Morgan fingerprint density at radius 3 is 2.62 bits per heavy atom. The molecule has 0 spiro atoms. The van der Waals surface area contributed by atoms with Crippen molar-refractivity contribution in [2.45, 2.75) is 26.2 Å². The van der Waals surface area contributed by atoms with Crippen molar-refractivity contribution >= 4 is 10.9 Å². The largest absolute Gasteiger partial charge is 0.310 e. The molecule has 2 heterocycles. The van der Waals surface area contributed by atoms with E-state index in [0.29, 0.717) is 0 Å². The first-order chi connectivity index (χ1) is 7.41. The predicted octanol–water partition coefficient (Wildman–Crippen LogP) is 2.23. The fourth-order valence-corrected chi connectivity index (χ4v) is 1.84. The van der Waals surface area contributed by atoms with Crippen LogP contribution in [0.2, 0.25) is 0 Å². The Morgan fingerprint density at radius 2 is 2.00 bits per heavy atom. The second-order valence-corrected chi connectivity index (χ2v) is 5.11. The number of rotatable bonds is 0. The Hall–Kier alpha value is -1.64. The number of aryl methyl sites for hydroxylation is 1. The van der Waals surface area contributed by atoms with Gasteiger partial charge in [-0.25, -0.2) is 0 Å². The second-order valence-electron chi connectivity index (χ2n) is 5.11. The maximum absolute atomic E-state index is 12.2. The maximum Gasteiger partial charge on any atom is 0.254 e. The zero-order valence-corrected chi connectivity index (χ0v) is 10.1. The third-order valence-corrected chi connectivity index (χ3v) is 2.84. The summed E-state index contributed by atoms with van der Waals surface area (Å²) in [5, 5.41) is 1.06. The van der Waals surface area contributed by atoms with Gasteiger partial charge in [0.1, 0.15) is 0 Å². The normalized spacial score (nSPS) is 12.0. The van der Waals surface area contributed by atoms with Gasteiger partial charge in [0.25, 0.3) is 5.56 Å². The number of aromatic nitrogens is 2. The highest BCUT2D eigenvalue weighted by Crippen LogP contribution is 2.21. The van der Waals surface area contributed by atoms with E-state index in [1.54, 1.807) is 24.0 Å². The molecule has 0 N–H and O–H groups in total. The Labute approximate surface area is 94.7 Å². The molecule has 16 heavy (non-hydrogen) atoms. The van der Waals surface area contributed by atoms with Crippen molar-refractivity contribution in [2.75, 3.05) is 0 Å². The molecule has 0 aliphatic rings. The molecule has 0 saturated carbocycles. The van der Waals surface area contributed by atoms with Gasteiger partial charge in [-0.1, -0.05) is 20.8 Å². The van der Waals surface area contributed by atoms with Crippen LogP contribution in [0.3, 0.4) is 0 Å². The summed E-state index contributed by atoms with van der Waals surface area (Å²) in [5.41, 5.74) is 1.65. The van der Waals surface area contributed by atoms with E-state index in [2.05, 4.69) is 25.8 Å². The van der Waals surface area contributed by atoms with Crippen molar-refractivity contribution in [3.8, 4) is 0 Å². The molecule has 3 nitrogen and oxygen atoms in total. The Kier molecular flexibility index (Phi) is 2.34. The third kappa shape index (κ3) is 1.62. The zero-order valence-electron chi connectivity index (χ0n) is 10.1. The molecule has 0 unspecified atom stereocenters. The van der Waals surface area contributed by atoms with Gasteiger partial charge in [-0.2, -0.15) is 0 Å². The number of pyridine rings is 2. The highest BCUT2D eigenvalue weighted by Gasteiger charge is 2.19. The molecule has 0 saturated heterocycles. The molecule has 2 aromatic heterocycles. The SMILES string of the molecule is Cn1c(=O)c(C(C)(C)C)cc2ccncc21. The lowest BCUT2D eigenvalue weighted by atomic mass is 9.87. The highest BCUT2D eigenvalue weighted by molar-refractivity contribution is 5.78. The van der Waals surface area contributed by atoms with Crippen LogP contribution >= 0.6 is 0 Å². The smallest absolute Gasteiger partial charge is 0.254 e. The molecule has 3 heteroatoms. The molecule has 2 rings (SSSR count). The minimum absolute atomic E-state index is 0.0630. The first kappa shape index (κ1) is 10.9. The van der Waals surface area contributed by atoms with Crippen LogP contribution in [0.5, 0.6) is 0 Å². The molecule has 0 aromatic carbocycles. The average molecular weight is 216 g/mol. The Bertz CT molecular complexity index is 591. The monoisotopic (exact) mass is 216 g/mol. The van der Waals surface area contributed by atoms with Crippen molar-refractivity contribution in [1.29, 1.82) is 0 Å². The molecule has 0 bridgehead atoms. The van der Waals surface area contributed by atoms with Gasteiger partial charge in [-0.05, 0) is 17.5 Å². The van der Waals surface area contributed by atoms with E-state index >= 15 is 0 Å². The van der Waals surface area contributed by atoms with E-state index in [1.165, 1.54) is 0 Å². The summed E-state index contributed by atoms with van der Waals surface area (Å²) in [6.45, 7) is 6.16. The summed E-state index contributed by atoms with van der Waals surface area (Å²) in [5.74, 6) is 0. The molecular formula is C13H16N2O. The fraction of sp³-hybridized carbons (Fsp3) is 0.385. The first-order valence-corrected chi connectivity index (χ1v) is 5.35. The van der Waals surface area contributed by atoms with Crippen LogP contribution in [-0.2, 0) is 12.5 Å². The van der Waals surface area contributed by atoms with E-state index in [9.17, 15) is 4.79 Å². The maximum atomic E-state index is 12.2. The van der Waals surface area contributed by atoms with Crippen LogP contribution in [0.15, 0.2) is 29.3 Å². The van der Waals surface area contributed by atoms with Crippen LogP contribution in [0.4, 0.5) is 0 Å². The van der Waals surface area contributed by atoms with Gasteiger partial charge in [0.05, 0.1) is 11.7 Å². The van der Waals surface area contributed by atoms with Gasteiger partial charge in [0.15, 0.2) is 0 Å². The van der Waals surface area contributed by atoms with Crippen LogP contribution in [0, 0.1) is 0 Å². The van der Waals surface area contributed by atoms with Crippen molar-refractivity contribution in [2.24, 2.45) is 7.05 Å². The Balaban J connectivity index is 2.90. The zero-order chi connectivity index (χ0) is 11.9. The quantitative estimate of drug-likeness (QED) is 0.677. The predicted molar refractivity (Wildman–Crippen MR) is 65.7 cm³/mol. The molecule has 2 aromatic rings. The van der Waals surface area contributed by atoms with E-state index in [-0.39, 0.29) is 11.0 Å². The van der Waals surface area contributed by atoms with Gasteiger partial charge >= 0.3 is 0 Å². The first-order valence-electron chi connectivity index (χ1n) is 5.35. The van der Waals surface area contributed by atoms with Crippen molar-refractivity contribution < 1.29 is 0 Å². The van der Waals surface area contributed by atoms with E-state index in [0.717, 1.165) is 16.5 Å². The lowest BCUT2D eigenvalue weighted by Gasteiger charge is -2.19. The minimum atomic E-state index is -0.133. The van der Waals surface area contributed by atoms with Gasteiger partial charge < -0.3 is 4.57 Å². The van der Waals surface area contributed by atoms with Crippen LogP contribution in [0.1, 0.15) is 26.3 Å². The minimum Gasteiger partial charge on any atom is -0.310 e. The lowest BCUT2D eigenvalue weighted by molar-refractivity contribution is 0.576. The average Bonchev–Trinajstić information content (AvgIpc) is 2.22. The summed E-state index contributed by atoms with van der Waals surface area (Å²) in [7, 11) is 1.79. The van der Waals surface area contributed by atoms with E-state index in [4.69, 9.17) is 0 Å². The Morgan fingerprint density at radius 1 is 1.31 bits per heavy atom. The standard InChI is InChI=1S/C13H16N2O/c1-13(2,3)10-7-9-5-6-14-8-11(9)15(4)12(10)16/h5-8H,1-4H3. The van der Waals surface area contributed by atoms with Crippen molar-refractivity contribution in [3.63, 3.8) is 0 Å². The number of hydrogen-bond donors (Lipinski definition) is 0. The lowest BCUT2D eigenvalue weighted by Crippen LogP contribution is -2.29. The van der Waals surface area contributed by atoms with Crippen LogP contribution in [0.25, 0.3) is 10.9 Å². The van der Waals surface area contributed by atoms with Gasteiger partial charge in [0, 0.05) is 24.2 Å². The summed E-state index contributed by atoms with van der Waals surface area (Å²) in [6, 6.07) is 3.91. The van der Waals surface area contributed by atoms with Crippen LogP contribution < -0.4 is 5.56 Å². The number of fused-ring (bicyclic) bond motifs is 1. The molecule has 0 amide bonds. The van der Waals surface area contributed by atoms with Crippen molar-refractivity contribution in [1.82, 2.24) is 9.55 Å². The topological polar surface area (TPSA) is 34.9 Å². The van der Waals surface area contributed by atoms with Gasteiger partial charge in [0.2, 0.25) is 0 Å². The summed E-state index contributed by atoms with van der Waals surface area (Å²) in [6.07, 6.45) is 3.47. The van der Waals surface area contributed by atoms with E-state index in [1.807, 2.05) is 12.1 Å². The van der Waals surface area contributed by atoms with E-state index < -0.39 is 0 Å². The molecular weight excluding hydrogens is 200 g/mol. The second kappa shape index (κ2) is 3.44. The summed E-state index contributed by atoms with van der Waals surface area (Å²) >= 11 is 0. The molecule has 0 radical (unpaired) electrons. The van der Waals surface area contributed by atoms with Gasteiger partial charge in [-0.15, -0.1) is 0 Å². The molecule has 84 valence electrons. The highest BCUT2D eigenvalue weighted by atomic mass is 16.1. The molecule has 0 aliphatic carbocycles. The molecule has 0 aliphatic heterocycles.